The van der Waals surface area contributed by atoms with E-state index in [-0.39, 0.29) is 18.2 Å². The molecule has 5 unspecified atom stereocenters. The van der Waals surface area contributed by atoms with Gasteiger partial charge in [-0.2, -0.15) is 0 Å². The third-order valence-electron chi connectivity index (χ3n) is 9.05. The molecular weight excluding hydrogens is 324 g/mol. The van der Waals surface area contributed by atoms with E-state index in [2.05, 4.69) is 19.9 Å². The quantitative estimate of drug-likeness (QED) is 0.564. The van der Waals surface area contributed by atoms with Crippen LogP contribution in [0.1, 0.15) is 79.1 Å². The molecule has 0 amide bonds. The zero-order valence-electron chi connectivity index (χ0n) is 17.0. The summed E-state index contributed by atoms with van der Waals surface area (Å²) in [6, 6.07) is 0. The van der Waals surface area contributed by atoms with Gasteiger partial charge in [-0.1, -0.05) is 25.5 Å². The molecule has 0 aliphatic heterocycles. The normalized spacial score (nSPS) is 48.7. The molecule has 0 spiro atoms. The van der Waals surface area contributed by atoms with E-state index >= 15 is 0 Å². The molecule has 0 saturated heterocycles. The maximum atomic E-state index is 11.4. The number of ether oxygens (including phenoxy) is 1. The van der Waals surface area contributed by atoms with Crippen LogP contribution in [0.2, 0.25) is 0 Å². The summed E-state index contributed by atoms with van der Waals surface area (Å²) in [5.74, 6) is 2.65. The third kappa shape index (κ3) is 2.68. The molecule has 4 aliphatic rings. The molecule has 3 heteroatoms. The molecule has 0 bridgehead atoms. The second kappa shape index (κ2) is 6.36. The molecule has 0 radical (unpaired) electrons. The number of allylic oxidation sites excluding steroid dienone is 1. The van der Waals surface area contributed by atoms with Crippen LogP contribution in [0.15, 0.2) is 11.6 Å². The van der Waals surface area contributed by atoms with Crippen LogP contribution in [0.4, 0.5) is 0 Å². The molecule has 3 nitrogen and oxygen atoms in total. The Kier molecular flexibility index (Phi) is 4.53. The van der Waals surface area contributed by atoms with Crippen molar-refractivity contribution in [2.24, 2.45) is 34.5 Å². The highest BCUT2D eigenvalue weighted by atomic mass is 16.5. The summed E-state index contributed by atoms with van der Waals surface area (Å²) < 4.78 is 5.54. The second-order valence-electron chi connectivity index (χ2n) is 10.2. The van der Waals surface area contributed by atoms with Crippen LogP contribution >= 0.6 is 0 Å². The highest BCUT2D eigenvalue weighted by Gasteiger charge is 2.59. The van der Waals surface area contributed by atoms with E-state index < -0.39 is 0 Å². The highest BCUT2D eigenvalue weighted by molar-refractivity contribution is 5.66. The zero-order chi connectivity index (χ0) is 18.7. The lowest BCUT2D eigenvalue weighted by Crippen LogP contribution is -2.51. The number of carbonyl (C=O) groups is 1. The van der Waals surface area contributed by atoms with Crippen molar-refractivity contribution in [3.8, 4) is 0 Å². The largest absolute Gasteiger partial charge is 0.462 e. The van der Waals surface area contributed by atoms with Crippen LogP contribution in [0.25, 0.3) is 0 Å². The number of rotatable bonds is 2. The topological polar surface area (TPSA) is 46.5 Å². The SMILES string of the molecule is CC(=O)OC1CC[C@@]2(C)C(=CCC3C2CC[C@@]2(C)C3CC[C@@H]2C(C)O)C1. The molecule has 8 atom stereocenters. The molecule has 0 aromatic carbocycles. The first-order valence-electron chi connectivity index (χ1n) is 10.8. The third-order valence-corrected chi connectivity index (χ3v) is 9.05. The Bertz CT molecular complexity index is 609. The minimum absolute atomic E-state index is 0.0864. The lowest BCUT2D eigenvalue weighted by Gasteiger charge is -2.58. The summed E-state index contributed by atoms with van der Waals surface area (Å²) in [5, 5.41) is 10.3. The van der Waals surface area contributed by atoms with Crippen molar-refractivity contribution in [3.05, 3.63) is 11.6 Å². The molecule has 0 heterocycles. The highest BCUT2D eigenvalue weighted by Crippen LogP contribution is 2.66. The zero-order valence-corrected chi connectivity index (χ0v) is 17.0. The van der Waals surface area contributed by atoms with Gasteiger partial charge >= 0.3 is 5.97 Å². The minimum Gasteiger partial charge on any atom is -0.462 e. The van der Waals surface area contributed by atoms with E-state index in [0.717, 1.165) is 37.0 Å². The van der Waals surface area contributed by atoms with Crippen molar-refractivity contribution >= 4 is 5.97 Å². The van der Waals surface area contributed by atoms with Crippen LogP contribution in [0.5, 0.6) is 0 Å². The molecule has 26 heavy (non-hydrogen) atoms. The predicted octanol–water partition coefficient (Wildman–Crippen LogP) is 4.88. The van der Waals surface area contributed by atoms with Crippen LogP contribution in [-0.4, -0.2) is 23.3 Å². The van der Waals surface area contributed by atoms with Crippen molar-refractivity contribution in [3.63, 3.8) is 0 Å². The summed E-state index contributed by atoms with van der Waals surface area (Å²) >= 11 is 0. The van der Waals surface area contributed by atoms with E-state index in [0.29, 0.717) is 16.7 Å². The van der Waals surface area contributed by atoms with Gasteiger partial charge in [0, 0.05) is 13.3 Å². The second-order valence-corrected chi connectivity index (χ2v) is 10.2. The number of aliphatic hydroxyl groups is 1. The van der Waals surface area contributed by atoms with Gasteiger partial charge in [0.2, 0.25) is 0 Å². The monoisotopic (exact) mass is 360 g/mol. The fourth-order valence-corrected chi connectivity index (χ4v) is 7.80. The van der Waals surface area contributed by atoms with E-state index in [4.69, 9.17) is 4.74 Å². The van der Waals surface area contributed by atoms with Gasteiger partial charge in [0.05, 0.1) is 6.10 Å². The van der Waals surface area contributed by atoms with Crippen molar-refractivity contribution < 1.29 is 14.6 Å². The average Bonchev–Trinajstić information content (AvgIpc) is 2.92. The lowest BCUT2D eigenvalue weighted by atomic mass is 9.47. The molecule has 4 rings (SSSR count). The van der Waals surface area contributed by atoms with Crippen LogP contribution in [-0.2, 0) is 9.53 Å². The summed E-state index contributed by atoms with van der Waals surface area (Å²) in [6.07, 6.45) is 11.8. The van der Waals surface area contributed by atoms with Gasteiger partial charge < -0.3 is 9.84 Å². The van der Waals surface area contributed by atoms with Gasteiger partial charge in [-0.25, -0.2) is 0 Å². The van der Waals surface area contributed by atoms with Crippen molar-refractivity contribution in [1.82, 2.24) is 0 Å². The van der Waals surface area contributed by atoms with Gasteiger partial charge in [0.15, 0.2) is 0 Å². The van der Waals surface area contributed by atoms with Gasteiger partial charge in [-0.15, -0.1) is 0 Å². The maximum Gasteiger partial charge on any atom is 0.302 e. The molecule has 1 N–H and O–H groups in total. The van der Waals surface area contributed by atoms with Crippen LogP contribution in [0.3, 0.4) is 0 Å². The fraction of sp³-hybridized carbons (Fsp3) is 0.870. The summed E-state index contributed by atoms with van der Waals surface area (Å²) in [4.78, 5) is 11.4. The minimum atomic E-state index is -0.175. The molecule has 146 valence electrons. The standard InChI is InChI=1S/C23H36O3/c1-14(24)19-7-8-20-18-6-5-16-13-17(26-15(2)25)9-11-22(16,3)21(18)10-12-23(19,20)4/h5,14,17-21,24H,6-13H2,1-4H3/t14?,17?,18?,19-,20?,21?,22+,23-/m1/s1. The molecule has 4 aliphatic carbocycles. The first-order valence-corrected chi connectivity index (χ1v) is 10.8. The van der Waals surface area contributed by atoms with E-state index in [1.165, 1.54) is 39.0 Å². The van der Waals surface area contributed by atoms with E-state index in [1.807, 2.05) is 6.92 Å². The van der Waals surface area contributed by atoms with Crippen molar-refractivity contribution in [1.29, 1.82) is 0 Å². The number of hydrogen-bond acceptors (Lipinski definition) is 3. The van der Waals surface area contributed by atoms with E-state index in [9.17, 15) is 9.90 Å². The summed E-state index contributed by atoms with van der Waals surface area (Å²) in [5.41, 5.74) is 2.18. The maximum absolute atomic E-state index is 11.4. The average molecular weight is 361 g/mol. The Morgan fingerprint density at radius 1 is 1.19 bits per heavy atom. The van der Waals surface area contributed by atoms with Gasteiger partial charge in [-0.05, 0) is 86.4 Å². The van der Waals surface area contributed by atoms with Crippen molar-refractivity contribution in [2.45, 2.75) is 91.3 Å². The van der Waals surface area contributed by atoms with Crippen molar-refractivity contribution in [2.75, 3.05) is 0 Å². The Morgan fingerprint density at radius 2 is 1.96 bits per heavy atom. The Hall–Kier alpha value is -0.830. The van der Waals surface area contributed by atoms with Gasteiger partial charge in [-0.3, -0.25) is 4.79 Å². The van der Waals surface area contributed by atoms with Gasteiger partial charge in [0.25, 0.3) is 0 Å². The summed E-state index contributed by atoms with van der Waals surface area (Å²) in [6.45, 7) is 8.49. The first-order chi connectivity index (χ1) is 12.3. The molecule has 0 aromatic rings. The smallest absolute Gasteiger partial charge is 0.302 e. The predicted molar refractivity (Wildman–Crippen MR) is 102 cm³/mol. The molecule has 3 fully saturated rings. The Balaban J connectivity index is 1.58. The van der Waals surface area contributed by atoms with E-state index in [1.54, 1.807) is 5.57 Å². The number of fused-ring (bicyclic) bond motifs is 5. The summed E-state index contributed by atoms with van der Waals surface area (Å²) in [7, 11) is 0. The van der Waals surface area contributed by atoms with Crippen LogP contribution < -0.4 is 0 Å². The fourth-order valence-electron chi connectivity index (χ4n) is 7.80. The molecular formula is C23H36O3. The number of hydrogen-bond donors (Lipinski definition) is 1. The molecule has 3 saturated carbocycles. The van der Waals surface area contributed by atoms with Crippen LogP contribution in [0, 0.1) is 34.5 Å². The van der Waals surface area contributed by atoms with Gasteiger partial charge in [0.1, 0.15) is 6.10 Å². The lowest BCUT2D eigenvalue weighted by molar-refractivity contribution is -0.148. The number of aliphatic hydroxyl groups excluding tert-OH is 1. The Morgan fingerprint density at radius 3 is 2.65 bits per heavy atom. The Labute approximate surface area is 158 Å². The number of carbonyl (C=O) groups excluding carboxylic acids is 1. The molecule has 0 aromatic heterocycles. The number of esters is 1. The first kappa shape index (κ1) is 18.5.